The van der Waals surface area contributed by atoms with Crippen molar-refractivity contribution in [3.63, 3.8) is 0 Å². The third-order valence-corrected chi connectivity index (χ3v) is 3.12. The van der Waals surface area contributed by atoms with Gasteiger partial charge in [-0.05, 0) is 12.8 Å². The van der Waals surface area contributed by atoms with Gasteiger partial charge in [0, 0.05) is 25.2 Å². The molecule has 1 aliphatic heterocycles. The summed E-state index contributed by atoms with van der Waals surface area (Å²) < 4.78 is 12.7. The third kappa shape index (κ3) is 1.67. The Bertz CT molecular complexity index is 360. The molecule has 0 aromatic carbocycles. The van der Waals surface area contributed by atoms with Crippen molar-refractivity contribution in [2.45, 2.75) is 18.4 Å². The first-order valence-corrected chi connectivity index (χ1v) is 5.25. The van der Waals surface area contributed by atoms with Crippen molar-refractivity contribution >= 4 is 5.95 Å². The van der Waals surface area contributed by atoms with Gasteiger partial charge in [-0.3, -0.25) is 0 Å². The molecule has 4 nitrogen and oxygen atoms in total. The predicted molar refractivity (Wildman–Crippen MR) is 54.2 cm³/mol. The molecule has 0 radical (unpaired) electrons. The fraction of sp³-hybridized carbons (Fsp3) is 0.600. The quantitative estimate of drug-likeness (QED) is 0.732. The summed E-state index contributed by atoms with van der Waals surface area (Å²) in [4.78, 5) is 10.1. The van der Waals surface area contributed by atoms with Crippen molar-refractivity contribution < 1.29 is 4.39 Å². The Labute approximate surface area is 87.5 Å². The van der Waals surface area contributed by atoms with Crippen LogP contribution in [0, 0.1) is 5.82 Å². The van der Waals surface area contributed by atoms with E-state index in [1.165, 1.54) is 25.2 Å². The van der Waals surface area contributed by atoms with E-state index in [4.69, 9.17) is 0 Å². The van der Waals surface area contributed by atoms with Gasteiger partial charge in [0.1, 0.15) is 0 Å². The average molecular weight is 208 g/mol. The first kappa shape index (κ1) is 9.03. The minimum Gasteiger partial charge on any atom is -0.338 e. The van der Waals surface area contributed by atoms with Crippen LogP contribution in [0.2, 0.25) is 0 Å². The molecule has 15 heavy (non-hydrogen) atoms. The standard InChI is InChI=1S/C10H13FN4/c11-8-5-12-9(13-6-8)15-4-3-14-10(7-15)1-2-10/h5-6,14H,1-4,7H2. The van der Waals surface area contributed by atoms with E-state index >= 15 is 0 Å². The van der Waals surface area contributed by atoms with E-state index in [1.807, 2.05) is 0 Å². The van der Waals surface area contributed by atoms with Crippen LogP contribution in [0.15, 0.2) is 12.4 Å². The molecule has 80 valence electrons. The molecule has 1 saturated carbocycles. The van der Waals surface area contributed by atoms with Crippen LogP contribution in [0.25, 0.3) is 0 Å². The maximum atomic E-state index is 12.7. The maximum Gasteiger partial charge on any atom is 0.225 e. The molecule has 0 unspecified atom stereocenters. The average Bonchev–Trinajstić information content (AvgIpc) is 2.99. The smallest absolute Gasteiger partial charge is 0.225 e. The largest absolute Gasteiger partial charge is 0.338 e. The molecular weight excluding hydrogens is 195 g/mol. The highest BCUT2D eigenvalue weighted by molar-refractivity contribution is 5.33. The van der Waals surface area contributed by atoms with Gasteiger partial charge in [-0.15, -0.1) is 0 Å². The number of nitrogens with zero attached hydrogens (tertiary/aromatic N) is 3. The molecule has 3 rings (SSSR count). The van der Waals surface area contributed by atoms with Crippen molar-refractivity contribution in [3.05, 3.63) is 18.2 Å². The minimum absolute atomic E-state index is 0.302. The van der Waals surface area contributed by atoms with Gasteiger partial charge in [0.2, 0.25) is 5.95 Å². The Morgan fingerprint density at radius 2 is 2.07 bits per heavy atom. The molecular formula is C10H13FN4. The summed E-state index contributed by atoms with van der Waals surface area (Å²) in [6.45, 7) is 2.80. The fourth-order valence-electron chi connectivity index (χ4n) is 2.08. The van der Waals surface area contributed by atoms with Crippen molar-refractivity contribution in [2.24, 2.45) is 0 Å². The summed E-state index contributed by atoms with van der Waals surface area (Å²) in [5.74, 6) is 0.263. The number of piperazine rings is 1. The highest BCUT2D eigenvalue weighted by atomic mass is 19.1. The van der Waals surface area contributed by atoms with E-state index in [2.05, 4.69) is 20.2 Å². The second-order valence-corrected chi connectivity index (χ2v) is 4.33. The van der Waals surface area contributed by atoms with Gasteiger partial charge in [0.05, 0.1) is 12.4 Å². The van der Waals surface area contributed by atoms with Gasteiger partial charge in [0.15, 0.2) is 5.82 Å². The summed E-state index contributed by atoms with van der Waals surface area (Å²) in [7, 11) is 0. The number of hydrogen-bond donors (Lipinski definition) is 1. The maximum absolute atomic E-state index is 12.7. The van der Waals surface area contributed by atoms with Crippen LogP contribution in [0.5, 0.6) is 0 Å². The second-order valence-electron chi connectivity index (χ2n) is 4.33. The van der Waals surface area contributed by atoms with Crippen LogP contribution >= 0.6 is 0 Å². The van der Waals surface area contributed by atoms with Crippen molar-refractivity contribution in [2.75, 3.05) is 24.5 Å². The van der Waals surface area contributed by atoms with Gasteiger partial charge in [-0.1, -0.05) is 0 Å². The molecule has 2 aliphatic rings. The number of rotatable bonds is 1. The third-order valence-electron chi connectivity index (χ3n) is 3.12. The van der Waals surface area contributed by atoms with Crippen LogP contribution in [0.1, 0.15) is 12.8 Å². The van der Waals surface area contributed by atoms with Gasteiger partial charge >= 0.3 is 0 Å². The van der Waals surface area contributed by atoms with E-state index < -0.39 is 0 Å². The fourth-order valence-corrected chi connectivity index (χ4v) is 2.08. The molecule has 2 fully saturated rings. The molecule has 1 spiro atoms. The molecule has 0 amide bonds. The molecule has 0 atom stereocenters. The summed E-state index contributed by atoms with van der Waals surface area (Å²) in [5, 5.41) is 3.51. The number of hydrogen-bond acceptors (Lipinski definition) is 4. The van der Waals surface area contributed by atoms with Crippen LogP contribution in [-0.2, 0) is 0 Å². The molecule has 1 saturated heterocycles. The Morgan fingerprint density at radius 3 is 2.73 bits per heavy atom. The number of aromatic nitrogens is 2. The Kier molecular flexibility index (Phi) is 1.88. The Balaban J connectivity index is 1.78. The molecule has 1 aromatic heterocycles. The zero-order valence-electron chi connectivity index (χ0n) is 8.41. The van der Waals surface area contributed by atoms with Gasteiger partial charge in [0.25, 0.3) is 0 Å². The lowest BCUT2D eigenvalue weighted by Crippen LogP contribution is -2.53. The molecule has 1 N–H and O–H groups in total. The topological polar surface area (TPSA) is 41.1 Å². The lowest BCUT2D eigenvalue weighted by molar-refractivity contribution is 0.437. The van der Waals surface area contributed by atoms with E-state index in [0.29, 0.717) is 11.5 Å². The number of nitrogens with one attached hydrogen (secondary N) is 1. The van der Waals surface area contributed by atoms with Gasteiger partial charge < -0.3 is 10.2 Å². The molecule has 5 heteroatoms. The minimum atomic E-state index is -0.380. The molecule has 2 heterocycles. The zero-order chi connectivity index (χ0) is 10.3. The summed E-state index contributed by atoms with van der Waals surface area (Å²) >= 11 is 0. The van der Waals surface area contributed by atoms with Crippen molar-refractivity contribution in [1.29, 1.82) is 0 Å². The molecule has 0 bridgehead atoms. The molecule has 1 aliphatic carbocycles. The SMILES string of the molecule is Fc1cnc(N2CCNC3(CC3)C2)nc1. The lowest BCUT2D eigenvalue weighted by Gasteiger charge is -2.33. The van der Waals surface area contributed by atoms with E-state index in [9.17, 15) is 4.39 Å². The first-order chi connectivity index (χ1) is 7.27. The van der Waals surface area contributed by atoms with Gasteiger partial charge in [-0.25, -0.2) is 14.4 Å². The van der Waals surface area contributed by atoms with Crippen LogP contribution in [0.3, 0.4) is 0 Å². The Morgan fingerprint density at radius 1 is 1.33 bits per heavy atom. The van der Waals surface area contributed by atoms with E-state index in [1.54, 1.807) is 0 Å². The van der Waals surface area contributed by atoms with Gasteiger partial charge in [-0.2, -0.15) is 0 Å². The summed E-state index contributed by atoms with van der Waals surface area (Å²) in [6, 6.07) is 0. The van der Waals surface area contributed by atoms with E-state index in [-0.39, 0.29) is 5.82 Å². The van der Waals surface area contributed by atoms with Crippen molar-refractivity contribution in [3.8, 4) is 0 Å². The lowest BCUT2D eigenvalue weighted by atomic mass is 10.2. The summed E-state index contributed by atoms with van der Waals surface area (Å²) in [5.41, 5.74) is 0.302. The van der Waals surface area contributed by atoms with Crippen LogP contribution in [0.4, 0.5) is 10.3 Å². The van der Waals surface area contributed by atoms with E-state index in [0.717, 1.165) is 19.6 Å². The molecule has 1 aromatic rings. The summed E-state index contributed by atoms with van der Waals surface area (Å²) in [6.07, 6.45) is 4.91. The number of anilines is 1. The first-order valence-electron chi connectivity index (χ1n) is 5.25. The number of halogens is 1. The highest BCUT2D eigenvalue weighted by Crippen LogP contribution is 2.38. The predicted octanol–water partition coefficient (Wildman–Crippen LogP) is 0.558. The normalized spacial score (nSPS) is 23.1. The monoisotopic (exact) mass is 208 g/mol. The highest BCUT2D eigenvalue weighted by Gasteiger charge is 2.45. The van der Waals surface area contributed by atoms with Crippen molar-refractivity contribution in [1.82, 2.24) is 15.3 Å². The second kappa shape index (κ2) is 3.13. The van der Waals surface area contributed by atoms with Crippen LogP contribution in [-0.4, -0.2) is 35.1 Å². The zero-order valence-corrected chi connectivity index (χ0v) is 8.41. The Hall–Kier alpha value is -1.23. The van der Waals surface area contributed by atoms with Crippen LogP contribution < -0.4 is 10.2 Å².